The van der Waals surface area contributed by atoms with Crippen LogP contribution in [0.15, 0.2) is 84.0 Å². The molecule has 1 N–H and O–H groups in total. The minimum absolute atomic E-state index is 0. The molecule has 29 heavy (non-hydrogen) atoms. The van der Waals surface area contributed by atoms with E-state index in [1.807, 2.05) is 54.6 Å². The Hall–Kier alpha value is -3.78. The van der Waals surface area contributed by atoms with Gasteiger partial charge in [0.1, 0.15) is 5.75 Å². The fourth-order valence-corrected chi connectivity index (χ4v) is 2.82. The number of rotatable bonds is 5. The number of hydrogen-bond acceptors (Lipinski definition) is 7. The van der Waals surface area contributed by atoms with Gasteiger partial charge in [0, 0.05) is 23.8 Å². The van der Waals surface area contributed by atoms with Crippen molar-refractivity contribution in [1.82, 2.24) is 5.43 Å². The second-order valence-electron chi connectivity index (χ2n) is 6.00. The zero-order valence-electron chi connectivity index (χ0n) is 15.4. The second-order valence-corrected chi connectivity index (χ2v) is 6.00. The van der Waals surface area contributed by atoms with Gasteiger partial charge in [-0.3, -0.25) is 15.5 Å². The fourth-order valence-electron chi connectivity index (χ4n) is 2.82. The van der Waals surface area contributed by atoms with E-state index in [1.54, 1.807) is 29.5 Å². The lowest BCUT2D eigenvalue weighted by Gasteiger charge is -2.28. The number of halogens is 1. The van der Waals surface area contributed by atoms with Crippen molar-refractivity contribution in [3.05, 3.63) is 94.5 Å². The number of hydrazone groups is 1. The Labute approximate surface area is 173 Å². The van der Waals surface area contributed by atoms with Crippen molar-refractivity contribution in [2.24, 2.45) is 5.10 Å². The van der Waals surface area contributed by atoms with Crippen molar-refractivity contribution >= 4 is 35.3 Å². The summed E-state index contributed by atoms with van der Waals surface area (Å²) < 4.78 is 5.32. The quantitative estimate of drug-likeness (QED) is 0.502. The summed E-state index contributed by atoms with van der Waals surface area (Å²) in [4.78, 5) is 10.5. The van der Waals surface area contributed by atoms with E-state index in [9.17, 15) is 10.1 Å². The van der Waals surface area contributed by atoms with Crippen LogP contribution in [0.2, 0.25) is 0 Å². The highest BCUT2D eigenvalue weighted by Gasteiger charge is 2.27. The number of non-ortho nitro benzene ring substituents is 1. The van der Waals surface area contributed by atoms with E-state index in [0.29, 0.717) is 17.3 Å². The Kier molecular flexibility index (Phi) is 5.85. The Bertz CT molecular complexity index is 1030. The summed E-state index contributed by atoms with van der Waals surface area (Å²) in [5, 5.41) is 19.0. The van der Waals surface area contributed by atoms with Crippen LogP contribution in [0.1, 0.15) is 5.56 Å². The molecule has 0 radical (unpaired) electrons. The number of anilines is 2. The van der Waals surface area contributed by atoms with Crippen LogP contribution in [-0.4, -0.2) is 17.9 Å². The summed E-state index contributed by atoms with van der Waals surface area (Å²) in [6.07, 6.45) is 0. The molecule has 1 aliphatic rings. The van der Waals surface area contributed by atoms with Gasteiger partial charge in [0.05, 0.1) is 23.4 Å². The van der Waals surface area contributed by atoms with Gasteiger partial charge in [-0.25, -0.2) is 0 Å². The van der Waals surface area contributed by atoms with Gasteiger partial charge in [0.2, 0.25) is 0 Å². The van der Waals surface area contributed by atoms with Gasteiger partial charge >= 0.3 is 0 Å². The maximum atomic E-state index is 11.0. The lowest BCUT2D eigenvalue weighted by molar-refractivity contribution is -0.384. The molecule has 0 fully saturated rings. The van der Waals surface area contributed by atoms with Crippen LogP contribution < -0.4 is 20.4 Å². The SMILES string of the molecule is COc1cccc(N2NC(c3ccccc3)=NN2c2ccc([N+](=O)[O-])cc2)c1.Cl. The molecule has 4 rings (SSSR count). The molecule has 0 aliphatic carbocycles. The molecule has 0 aromatic heterocycles. The molecular weight excluding hydrogens is 394 g/mol. The molecule has 0 saturated heterocycles. The highest BCUT2D eigenvalue weighted by molar-refractivity contribution is 6.02. The Morgan fingerprint density at radius 3 is 2.34 bits per heavy atom. The summed E-state index contributed by atoms with van der Waals surface area (Å²) in [6, 6.07) is 23.5. The molecule has 0 amide bonds. The first-order valence-electron chi connectivity index (χ1n) is 8.55. The smallest absolute Gasteiger partial charge is 0.269 e. The minimum Gasteiger partial charge on any atom is -0.497 e. The van der Waals surface area contributed by atoms with E-state index < -0.39 is 4.92 Å². The van der Waals surface area contributed by atoms with Crippen LogP contribution in [0.25, 0.3) is 0 Å². The molecule has 0 atom stereocenters. The maximum absolute atomic E-state index is 11.0. The van der Waals surface area contributed by atoms with Gasteiger partial charge < -0.3 is 4.74 Å². The summed E-state index contributed by atoms with van der Waals surface area (Å²) in [5.74, 6) is 1.36. The van der Waals surface area contributed by atoms with Gasteiger partial charge in [0.15, 0.2) is 5.84 Å². The minimum atomic E-state index is -0.426. The number of nitro benzene ring substituents is 1. The van der Waals surface area contributed by atoms with Gasteiger partial charge in [0.25, 0.3) is 5.69 Å². The topological polar surface area (TPSA) is 83.2 Å². The summed E-state index contributed by atoms with van der Waals surface area (Å²) >= 11 is 0. The predicted octanol–water partition coefficient (Wildman–Crippen LogP) is 4.13. The number of nitrogens with zero attached hydrogens (tertiary/aromatic N) is 4. The van der Waals surface area contributed by atoms with Gasteiger partial charge in [-0.2, -0.15) is 10.2 Å². The normalized spacial score (nSPS) is 12.7. The van der Waals surface area contributed by atoms with Crippen LogP contribution in [0.3, 0.4) is 0 Å². The van der Waals surface area contributed by atoms with Crippen molar-refractivity contribution in [2.75, 3.05) is 17.3 Å². The molecule has 8 nitrogen and oxygen atoms in total. The van der Waals surface area contributed by atoms with E-state index in [0.717, 1.165) is 11.3 Å². The van der Waals surface area contributed by atoms with Crippen LogP contribution in [0.4, 0.5) is 17.1 Å². The number of nitro groups is 1. The first-order chi connectivity index (χ1) is 13.7. The molecule has 0 saturated carbocycles. The number of hydrazine groups is 2. The molecule has 148 valence electrons. The molecule has 3 aromatic rings. The molecule has 0 spiro atoms. The van der Waals surface area contributed by atoms with Crippen LogP contribution in [-0.2, 0) is 0 Å². The Balaban J connectivity index is 0.00000240. The molecule has 1 aliphatic heterocycles. The van der Waals surface area contributed by atoms with Crippen LogP contribution in [0.5, 0.6) is 5.75 Å². The highest BCUT2D eigenvalue weighted by atomic mass is 35.5. The summed E-state index contributed by atoms with van der Waals surface area (Å²) in [6.45, 7) is 0. The number of hydrogen-bond donors (Lipinski definition) is 1. The predicted molar refractivity (Wildman–Crippen MR) is 114 cm³/mol. The molecular formula is C20H18ClN5O3. The third kappa shape index (κ3) is 4.07. The van der Waals surface area contributed by atoms with E-state index in [-0.39, 0.29) is 18.1 Å². The largest absolute Gasteiger partial charge is 0.497 e. The third-order valence-electron chi connectivity index (χ3n) is 4.23. The van der Waals surface area contributed by atoms with E-state index >= 15 is 0 Å². The number of nitrogens with one attached hydrogen (secondary N) is 1. The second kappa shape index (κ2) is 8.49. The van der Waals surface area contributed by atoms with Crippen molar-refractivity contribution in [3.63, 3.8) is 0 Å². The first-order valence-corrected chi connectivity index (χ1v) is 8.55. The fraction of sp³-hybridized carbons (Fsp3) is 0.0500. The first kappa shape index (κ1) is 20.0. The molecule has 0 bridgehead atoms. The highest BCUT2D eigenvalue weighted by Crippen LogP contribution is 2.29. The van der Waals surface area contributed by atoms with Gasteiger partial charge in [-0.1, -0.05) is 36.4 Å². The monoisotopic (exact) mass is 411 g/mol. The zero-order valence-corrected chi connectivity index (χ0v) is 16.2. The number of benzene rings is 3. The van der Waals surface area contributed by atoms with Crippen molar-refractivity contribution < 1.29 is 9.66 Å². The van der Waals surface area contributed by atoms with E-state index in [2.05, 4.69) is 10.5 Å². The van der Waals surface area contributed by atoms with E-state index in [4.69, 9.17) is 4.74 Å². The summed E-state index contributed by atoms with van der Waals surface area (Å²) in [5.41, 5.74) is 5.69. The van der Waals surface area contributed by atoms with Gasteiger partial charge in [-0.15, -0.1) is 17.5 Å². The maximum Gasteiger partial charge on any atom is 0.269 e. The van der Waals surface area contributed by atoms with Gasteiger partial charge in [-0.05, 0) is 24.3 Å². The number of amidine groups is 1. The van der Waals surface area contributed by atoms with Crippen molar-refractivity contribution in [2.45, 2.75) is 0 Å². The van der Waals surface area contributed by atoms with Crippen molar-refractivity contribution in [3.8, 4) is 5.75 Å². The van der Waals surface area contributed by atoms with Crippen LogP contribution >= 0.6 is 12.4 Å². The number of methoxy groups -OCH3 is 1. The van der Waals surface area contributed by atoms with Crippen molar-refractivity contribution in [1.29, 1.82) is 0 Å². The molecule has 0 unspecified atom stereocenters. The third-order valence-corrected chi connectivity index (χ3v) is 4.23. The molecule has 1 heterocycles. The Morgan fingerprint density at radius 2 is 1.69 bits per heavy atom. The standard InChI is InChI=1S/C20H17N5O3.ClH/c1-28-19-9-5-8-18(14-19)24-22-20(15-6-3-2-4-7-15)21-23(24)16-10-12-17(13-11-16)25(26)27;/h2-14H,1H3,(H,21,22);1H. The summed E-state index contributed by atoms with van der Waals surface area (Å²) in [7, 11) is 1.61. The molecule has 3 aromatic carbocycles. The Morgan fingerprint density at radius 1 is 0.966 bits per heavy atom. The average molecular weight is 412 g/mol. The average Bonchev–Trinajstić information content (AvgIpc) is 3.20. The van der Waals surface area contributed by atoms with Crippen LogP contribution in [0, 0.1) is 10.1 Å². The molecule has 9 heteroatoms. The lowest BCUT2D eigenvalue weighted by Crippen LogP contribution is -2.44. The lowest BCUT2D eigenvalue weighted by atomic mass is 10.2. The van der Waals surface area contributed by atoms with E-state index in [1.165, 1.54) is 12.1 Å². The zero-order chi connectivity index (χ0) is 19.5. The number of ether oxygens (including phenoxy) is 1.